The molecule has 0 unspecified atom stereocenters. The zero-order valence-corrected chi connectivity index (χ0v) is 15.0. The number of benzene rings is 2. The molecule has 132 valence electrons. The number of esters is 1. The predicted molar refractivity (Wildman–Crippen MR) is 95.4 cm³/mol. The highest BCUT2D eigenvalue weighted by Gasteiger charge is 2.13. The molecule has 0 atom stereocenters. The van der Waals surface area contributed by atoms with Crippen LogP contribution in [0.1, 0.15) is 38.8 Å². The summed E-state index contributed by atoms with van der Waals surface area (Å²) < 4.78 is 27.7. The predicted octanol–water partition coefficient (Wildman–Crippen LogP) is 2.83. The molecule has 0 fully saturated rings. The van der Waals surface area contributed by atoms with E-state index in [9.17, 15) is 18.0 Å². The monoisotopic (exact) mass is 360 g/mol. The first-order valence-corrected chi connectivity index (χ1v) is 9.90. The number of carbonyl (C=O) groups excluding carboxylic acids is 2. The number of aryl methyl sites for hydroxylation is 1. The molecule has 2 aromatic carbocycles. The Morgan fingerprint density at radius 2 is 1.64 bits per heavy atom. The fourth-order valence-electron chi connectivity index (χ4n) is 2.31. The van der Waals surface area contributed by atoms with Crippen molar-refractivity contribution >= 4 is 21.6 Å². The summed E-state index contributed by atoms with van der Waals surface area (Å²) >= 11 is 0. The maximum atomic E-state index is 12.1. The summed E-state index contributed by atoms with van der Waals surface area (Å²) in [7, 11) is -3.19. The standard InChI is InChI=1S/C19H20O5S/c1-3-14-7-9-16(10-8-14)18(20)12-24-19(21)17-6-4-5-15(11-17)13-25(2,22)23/h4-11H,3,12-13H2,1-2H3. The van der Waals surface area contributed by atoms with Gasteiger partial charge >= 0.3 is 5.97 Å². The average molecular weight is 360 g/mol. The van der Waals surface area contributed by atoms with Crippen molar-refractivity contribution in [2.75, 3.05) is 12.9 Å². The molecule has 0 aromatic heterocycles. The fraction of sp³-hybridized carbons (Fsp3) is 0.263. The van der Waals surface area contributed by atoms with E-state index in [4.69, 9.17) is 4.74 Å². The molecular weight excluding hydrogens is 340 g/mol. The van der Waals surface area contributed by atoms with E-state index in [0.717, 1.165) is 18.2 Å². The number of hydrogen-bond acceptors (Lipinski definition) is 5. The second-order valence-corrected chi connectivity index (χ2v) is 7.96. The first kappa shape index (κ1) is 18.9. The molecule has 2 rings (SSSR count). The van der Waals surface area contributed by atoms with Crippen molar-refractivity contribution in [2.45, 2.75) is 19.1 Å². The van der Waals surface area contributed by atoms with Crippen molar-refractivity contribution in [3.63, 3.8) is 0 Å². The minimum Gasteiger partial charge on any atom is -0.454 e. The molecule has 2 aromatic rings. The Morgan fingerprint density at radius 3 is 2.24 bits per heavy atom. The van der Waals surface area contributed by atoms with Crippen LogP contribution in [0, 0.1) is 0 Å². The van der Waals surface area contributed by atoms with E-state index in [-0.39, 0.29) is 23.7 Å². The Hall–Kier alpha value is -2.47. The highest BCUT2D eigenvalue weighted by molar-refractivity contribution is 7.89. The Labute approximate surface area is 147 Å². The van der Waals surface area contributed by atoms with Crippen LogP contribution in [-0.4, -0.2) is 33.0 Å². The topological polar surface area (TPSA) is 77.5 Å². The lowest BCUT2D eigenvalue weighted by molar-refractivity contribution is 0.0474. The van der Waals surface area contributed by atoms with Gasteiger partial charge in [-0.15, -0.1) is 0 Å². The van der Waals surface area contributed by atoms with Gasteiger partial charge in [-0.1, -0.05) is 43.3 Å². The van der Waals surface area contributed by atoms with Gasteiger partial charge in [0.2, 0.25) is 0 Å². The summed E-state index contributed by atoms with van der Waals surface area (Å²) in [6, 6.07) is 13.3. The van der Waals surface area contributed by atoms with Gasteiger partial charge in [-0.2, -0.15) is 0 Å². The van der Waals surface area contributed by atoms with Gasteiger partial charge in [0.05, 0.1) is 11.3 Å². The molecule has 0 spiro atoms. The van der Waals surface area contributed by atoms with E-state index in [1.807, 2.05) is 19.1 Å². The highest BCUT2D eigenvalue weighted by Crippen LogP contribution is 2.11. The largest absolute Gasteiger partial charge is 0.454 e. The second-order valence-electron chi connectivity index (χ2n) is 5.82. The molecule has 0 aliphatic rings. The van der Waals surface area contributed by atoms with Crippen LogP contribution < -0.4 is 0 Å². The molecule has 0 N–H and O–H groups in total. The van der Waals surface area contributed by atoms with Crippen molar-refractivity contribution in [1.82, 2.24) is 0 Å². The molecule has 0 radical (unpaired) electrons. The molecule has 25 heavy (non-hydrogen) atoms. The average Bonchev–Trinajstić information content (AvgIpc) is 2.58. The van der Waals surface area contributed by atoms with E-state index in [0.29, 0.717) is 11.1 Å². The van der Waals surface area contributed by atoms with Crippen molar-refractivity contribution in [3.05, 3.63) is 70.8 Å². The highest BCUT2D eigenvalue weighted by atomic mass is 32.2. The lowest BCUT2D eigenvalue weighted by Gasteiger charge is -2.06. The molecular formula is C19H20O5S. The molecule has 0 aliphatic heterocycles. The quantitative estimate of drug-likeness (QED) is 0.560. The first-order valence-electron chi connectivity index (χ1n) is 7.84. The van der Waals surface area contributed by atoms with Gasteiger partial charge in [-0.3, -0.25) is 4.79 Å². The van der Waals surface area contributed by atoms with E-state index in [1.165, 1.54) is 12.1 Å². The molecule has 0 heterocycles. The summed E-state index contributed by atoms with van der Waals surface area (Å²) in [5, 5.41) is 0. The molecule has 5 nitrogen and oxygen atoms in total. The van der Waals surface area contributed by atoms with Crippen molar-refractivity contribution in [3.8, 4) is 0 Å². The smallest absolute Gasteiger partial charge is 0.338 e. The van der Waals surface area contributed by atoms with Crippen LogP contribution in [0.25, 0.3) is 0 Å². The fourth-order valence-corrected chi connectivity index (χ4v) is 3.10. The van der Waals surface area contributed by atoms with Gasteiger partial charge in [0.25, 0.3) is 0 Å². The molecule has 6 heteroatoms. The summed E-state index contributed by atoms with van der Waals surface area (Å²) in [4.78, 5) is 24.2. The summed E-state index contributed by atoms with van der Waals surface area (Å²) in [5.41, 5.74) is 2.32. The zero-order valence-electron chi connectivity index (χ0n) is 14.2. The SMILES string of the molecule is CCc1ccc(C(=O)COC(=O)c2cccc(CS(C)(=O)=O)c2)cc1. The van der Waals surface area contributed by atoms with Crippen LogP contribution >= 0.6 is 0 Å². The van der Waals surface area contributed by atoms with E-state index < -0.39 is 15.8 Å². The van der Waals surface area contributed by atoms with Gasteiger partial charge in [-0.25, -0.2) is 13.2 Å². The van der Waals surface area contributed by atoms with Crippen molar-refractivity contribution in [2.24, 2.45) is 0 Å². The molecule has 0 amide bonds. The third-order valence-corrected chi connectivity index (χ3v) is 4.47. The zero-order chi connectivity index (χ0) is 18.4. The Bertz CT molecular complexity index is 867. The van der Waals surface area contributed by atoms with Crippen LogP contribution in [-0.2, 0) is 26.7 Å². The van der Waals surface area contributed by atoms with E-state index in [1.54, 1.807) is 24.3 Å². The lowest BCUT2D eigenvalue weighted by atomic mass is 10.1. The Kier molecular flexibility index (Phi) is 6.09. The van der Waals surface area contributed by atoms with Crippen LogP contribution in [0.5, 0.6) is 0 Å². The lowest BCUT2D eigenvalue weighted by Crippen LogP contribution is -2.14. The Balaban J connectivity index is 1.99. The molecule has 0 aliphatic carbocycles. The minimum atomic E-state index is -3.19. The number of carbonyl (C=O) groups is 2. The second kappa shape index (κ2) is 8.07. The maximum Gasteiger partial charge on any atom is 0.338 e. The number of ketones is 1. The number of hydrogen-bond donors (Lipinski definition) is 0. The number of ether oxygens (including phenoxy) is 1. The van der Waals surface area contributed by atoms with Gasteiger partial charge in [0.1, 0.15) is 0 Å². The van der Waals surface area contributed by atoms with E-state index >= 15 is 0 Å². The molecule has 0 saturated heterocycles. The normalized spacial score (nSPS) is 11.1. The summed E-state index contributed by atoms with van der Waals surface area (Å²) in [6.45, 7) is 1.66. The first-order chi connectivity index (χ1) is 11.8. The van der Waals surface area contributed by atoms with Crippen LogP contribution in [0.3, 0.4) is 0 Å². The van der Waals surface area contributed by atoms with Crippen molar-refractivity contribution < 1.29 is 22.7 Å². The number of sulfone groups is 1. The van der Waals surface area contributed by atoms with Crippen molar-refractivity contribution in [1.29, 1.82) is 0 Å². The number of Topliss-reactive ketones (excluding diaryl/α,β-unsaturated/α-hetero) is 1. The number of rotatable bonds is 7. The molecule has 0 bridgehead atoms. The Morgan fingerprint density at radius 1 is 0.960 bits per heavy atom. The van der Waals surface area contributed by atoms with Gasteiger partial charge in [0.15, 0.2) is 22.2 Å². The van der Waals surface area contributed by atoms with Crippen LogP contribution in [0.15, 0.2) is 48.5 Å². The van der Waals surface area contributed by atoms with Gasteiger partial charge < -0.3 is 4.74 Å². The van der Waals surface area contributed by atoms with Gasteiger partial charge in [0, 0.05) is 11.8 Å². The van der Waals surface area contributed by atoms with E-state index in [2.05, 4.69) is 0 Å². The third-order valence-electron chi connectivity index (χ3n) is 3.61. The molecule has 0 saturated carbocycles. The third kappa shape index (κ3) is 5.83. The maximum absolute atomic E-state index is 12.1. The van der Waals surface area contributed by atoms with Crippen LogP contribution in [0.2, 0.25) is 0 Å². The van der Waals surface area contributed by atoms with Crippen LogP contribution in [0.4, 0.5) is 0 Å². The summed E-state index contributed by atoms with van der Waals surface area (Å²) in [6.07, 6.45) is 2.01. The van der Waals surface area contributed by atoms with Gasteiger partial charge in [-0.05, 0) is 29.7 Å². The summed E-state index contributed by atoms with van der Waals surface area (Å²) in [5.74, 6) is -1.10. The minimum absolute atomic E-state index is 0.156.